The highest BCUT2D eigenvalue weighted by Gasteiger charge is 1.99. The smallest absolute Gasteiger partial charge is 0.119 e. The summed E-state index contributed by atoms with van der Waals surface area (Å²) in [5.41, 5.74) is 2.34. The lowest BCUT2D eigenvalue weighted by atomic mass is 10.1. The van der Waals surface area contributed by atoms with E-state index in [-0.39, 0.29) is 0 Å². The molecule has 2 nitrogen and oxygen atoms in total. The predicted octanol–water partition coefficient (Wildman–Crippen LogP) is 2.74. The molecule has 0 heterocycles. The van der Waals surface area contributed by atoms with Crippen molar-refractivity contribution in [2.24, 2.45) is 0 Å². The fourth-order valence-electron chi connectivity index (χ4n) is 1.17. The molecule has 1 rings (SSSR count). The van der Waals surface area contributed by atoms with E-state index < -0.39 is 0 Å². The third kappa shape index (κ3) is 3.01. The number of methoxy groups -OCH3 is 2. The summed E-state index contributed by atoms with van der Waals surface area (Å²) in [6, 6.07) is 6.09. The Bertz CT molecular complexity index is 251. The highest BCUT2D eigenvalue weighted by molar-refractivity contribution is 9.08. The quantitative estimate of drug-likeness (QED) is 0.759. The van der Waals surface area contributed by atoms with E-state index in [1.807, 2.05) is 12.1 Å². The van der Waals surface area contributed by atoms with Gasteiger partial charge in [0.1, 0.15) is 5.75 Å². The van der Waals surface area contributed by atoms with Crippen molar-refractivity contribution in [3.05, 3.63) is 29.3 Å². The Labute approximate surface area is 87.0 Å². The van der Waals surface area contributed by atoms with E-state index >= 15 is 0 Å². The molecule has 0 aromatic heterocycles. The first-order valence-electron chi connectivity index (χ1n) is 4.02. The SMILES string of the molecule is COCc1cc(CBr)cc(OC)c1. The summed E-state index contributed by atoms with van der Waals surface area (Å²) in [5.74, 6) is 0.879. The van der Waals surface area contributed by atoms with Crippen molar-refractivity contribution in [2.45, 2.75) is 11.9 Å². The molecule has 0 fully saturated rings. The Hall–Kier alpha value is -0.540. The molecule has 0 N–H and O–H groups in total. The number of alkyl halides is 1. The molecule has 0 bridgehead atoms. The van der Waals surface area contributed by atoms with Crippen LogP contribution in [0.3, 0.4) is 0 Å². The summed E-state index contributed by atoms with van der Waals surface area (Å²) in [5, 5.41) is 0.834. The van der Waals surface area contributed by atoms with Crippen LogP contribution in [0.2, 0.25) is 0 Å². The van der Waals surface area contributed by atoms with E-state index in [1.165, 1.54) is 5.56 Å². The average molecular weight is 245 g/mol. The van der Waals surface area contributed by atoms with Gasteiger partial charge in [-0.15, -0.1) is 0 Å². The molecule has 0 aliphatic heterocycles. The van der Waals surface area contributed by atoms with E-state index in [2.05, 4.69) is 22.0 Å². The van der Waals surface area contributed by atoms with Crippen LogP contribution in [0.1, 0.15) is 11.1 Å². The summed E-state index contributed by atoms with van der Waals surface area (Å²) in [4.78, 5) is 0. The van der Waals surface area contributed by atoms with Crippen molar-refractivity contribution < 1.29 is 9.47 Å². The standard InChI is InChI=1S/C10H13BrO2/c1-12-7-9-3-8(6-11)4-10(5-9)13-2/h3-5H,6-7H2,1-2H3. The molecule has 0 atom stereocenters. The maximum Gasteiger partial charge on any atom is 0.119 e. The minimum atomic E-state index is 0.622. The molecular formula is C10H13BrO2. The first-order chi connectivity index (χ1) is 6.30. The van der Waals surface area contributed by atoms with Crippen LogP contribution in [0.15, 0.2) is 18.2 Å². The van der Waals surface area contributed by atoms with Crippen LogP contribution in [-0.2, 0) is 16.7 Å². The Morgan fingerprint density at radius 1 is 1.15 bits per heavy atom. The fourth-order valence-corrected chi connectivity index (χ4v) is 1.50. The lowest BCUT2D eigenvalue weighted by Crippen LogP contribution is -1.92. The van der Waals surface area contributed by atoms with Gasteiger partial charge in [-0.2, -0.15) is 0 Å². The minimum Gasteiger partial charge on any atom is -0.497 e. The molecule has 1 aromatic rings. The maximum absolute atomic E-state index is 5.17. The van der Waals surface area contributed by atoms with Crippen molar-refractivity contribution in [2.75, 3.05) is 14.2 Å². The van der Waals surface area contributed by atoms with Crippen LogP contribution >= 0.6 is 15.9 Å². The van der Waals surface area contributed by atoms with Crippen molar-refractivity contribution >= 4 is 15.9 Å². The predicted molar refractivity (Wildman–Crippen MR) is 56.3 cm³/mol. The van der Waals surface area contributed by atoms with E-state index in [0.717, 1.165) is 16.6 Å². The largest absolute Gasteiger partial charge is 0.497 e. The van der Waals surface area contributed by atoms with E-state index in [4.69, 9.17) is 9.47 Å². The van der Waals surface area contributed by atoms with Crippen molar-refractivity contribution in [3.63, 3.8) is 0 Å². The zero-order valence-corrected chi connectivity index (χ0v) is 9.43. The molecule has 1 aromatic carbocycles. The van der Waals surface area contributed by atoms with Crippen molar-refractivity contribution in [1.82, 2.24) is 0 Å². The Kier molecular flexibility index (Phi) is 4.25. The summed E-state index contributed by atoms with van der Waals surface area (Å²) in [6.07, 6.45) is 0. The minimum absolute atomic E-state index is 0.622. The second-order valence-corrected chi connectivity index (χ2v) is 3.32. The molecule has 0 unspecified atom stereocenters. The van der Waals surface area contributed by atoms with Crippen LogP contribution in [0, 0.1) is 0 Å². The van der Waals surface area contributed by atoms with Gasteiger partial charge in [0.15, 0.2) is 0 Å². The Balaban J connectivity index is 2.93. The van der Waals surface area contributed by atoms with Gasteiger partial charge >= 0.3 is 0 Å². The summed E-state index contributed by atoms with van der Waals surface area (Å²) in [7, 11) is 3.36. The Morgan fingerprint density at radius 2 is 1.85 bits per heavy atom. The number of rotatable bonds is 4. The van der Waals surface area contributed by atoms with Gasteiger partial charge in [-0.05, 0) is 23.3 Å². The zero-order chi connectivity index (χ0) is 9.68. The van der Waals surface area contributed by atoms with Gasteiger partial charge in [-0.3, -0.25) is 0 Å². The highest BCUT2D eigenvalue weighted by atomic mass is 79.9. The van der Waals surface area contributed by atoms with Crippen LogP contribution in [0.5, 0.6) is 5.75 Å². The molecule has 72 valence electrons. The van der Waals surface area contributed by atoms with Crippen molar-refractivity contribution in [3.8, 4) is 5.75 Å². The molecule has 0 amide bonds. The number of halogens is 1. The molecule has 3 heteroatoms. The first-order valence-corrected chi connectivity index (χ1v) is 5.14. The van der Waals surface area contributed by atoms with Gasteiger partial charge < -0.3 is 9.47 Å². The van der Waals surface area contributed by atoms with Gasteiger partial charge in [0.25, 0.3) is 0 Å². The van der Waals surface area contributed by atoms with Crippen LogP contribution in [0.25, 0.3) is 0 Å². The molecular weight excluding hydrogens is 232 g/mol. The number of hydrogen-bond donors (Lipinski definition) is 0. The fraction of sp³-hybridized carbons (Fsp3) is 0.400. The first kappa shape index (κ1) is 10.5. The normalized spacial score (nSPS) is 10.1. The molecule has 0 aliphatic carbocycles. The van der Waals surface area contributed by atoms with E-state index in [9.17, 15) is 0 Å². The molecule has 13 heavy (non-hydrogen) atoms. The van der Waals surface area contributed by atoms with Gasteiger partial charge in [-0.1, -0.05) is 22.0 Å². The summed E-state index contributed by atoms with van der Waals surface area (Å²) >= 11 is 3.41. The molecule has 0 spiro atoms. The third-order valence-corrected chi connectivity index (χ3v) is 2.37. The van der Waals surface area contributed by atoms with Crippen LogP contribution in [0.4, 0.5) is 0 Å². The lowest BCUT2D eigenvalue weighted by molar-refractivity contribution is 0.184. The molecule has 0 saturated heterocycles. The van der Waals surface area contributed by atoms with E-state index in [0.29, 0.717) is 6.61 Å². The number of hydrogen-bond acceptors (Lipinski definition) is 2. The molecule has 0 aliphatic rings. The van der Waals surface area contributed by atoms with Crippen molar-refractivity contribution in [1.29, 1.82) is 0 Å². The van der Waals surface area contributed by atoms with E-state index in [1.54, 1.807) is 14.2 Å². The average Bonchev–Trinajstić information content (AvgIpc) is 2.17. The second-order valence-electron chi connectivity index (χ2n) is 2.76. The van der Waals surface area contributed by atoms with Gasteiger partial charge in [-0.25, -0.2) is 0 Å². The summed E-state index contributed by atoms with van der Waals surface area (Å²) < 4.78 is 10.2. The topological polar surface area (TPSA) is 18.5 Å². The molecule has 0 saturated carbocycles. The second kappa shape index (κ2) is 5.25. The maximum atomic E-state index is 5.17. The lowest BCUT2D eigenvalue weighted by Gasteiger charge is -2.06. The Morgan fingerprint density at radius 3 is 2.38 bits per heavy atom. The van der Waals surface area contributed by atoms with Crippen LogP contribution in [-0.4, -0.2) is 14.2 Å². The third-order valence-electron chi connectivity index (χ3n) is 1.73. The zero-order valence-electron chi connectivity index (χ0n) is 7.84. The van der Waals surface area contributed by atoms with Gasteiger partial charge in [0.2, 0.25) is 0 Å². The number of benzene rings is 1. The molecule has 0 radical (unpaired) electrons. The summed E-state index contributed by atoms with van der Waals surface area (Å²) in [6.45, 7) is 0.622. The highest BCUT2D eigenvalue weighted by Crippen LogP contribution is 2.19. The van der Waals surface area contributed by atoms with Gasteiger partial charge in [0.05, 0.1) is 13.7 Å². The van der Waals surface area contributed by atoms with Crippen LogP contribution < -0.4 is 4.74 Å². The van der Waals surface area contributed by atoms with Gasteiger partial charge in [0, 0.05) is 12.4 Å². The monoisotopic (exact) mass is 244 g/mol. The number of ether oxygens (including phenoxy) is 2.